The Morgan fingerprint density at radius 1 is 1.31 bits per heavy atom. The minimum Gasteiger partial charge on any atom is -0.493 e. The van der Waals surface area contributed by atoms with E-state index in [0.717, 1.165) is 30.6 Å². The molecule has 2 rings (SSSR count). The van der Waals surface area contributed by atoms with Crippen LogP contribution in [0.4, 0.5) is 0 Å². The predicted octanol–water partition coefficient (Wildman–Crippen LogP) is 2.30. The molecule has 2 unspecified atom stereocenters. The number of methoxy groups -OCH3 is 2. The zero-order valence-corrected chi connectivity index (χ0v) is 17.2. The third kappa shape index (κ3) is 5.76. The summed E-state index contributed by atoms with van der Waals surface area (Å²) in [5.74, 6) is 1.43. The fraction of sp³-hybridized carbons (Fsp3) is 0.632. The molecule has 1 aliphatic rings. The van der Waals surface area contributed by atoms with E-state index in [9.17, 15) is 4.79 Å². The lowest BCUT2D eigenvalue weighted by Gasteiger charge is -2.32. The van der Waals surface area contributed by atoms with Crippen LogP contribution in [-0.4, -0.2) is 57.8 Å². The first kappa shape index (κ1) is 22.5. The fourth-order valence-corrected chi connectivity index (χ4v) is 3.47. The Balaban J connectivity index is 0.00000338. The number of likely N-dealkylation sites (tertiary alicyclic amines) is 1. The summed E-state index contributed by atoms with van der Waals surface area (Å²) in [6.45, 7) is 6.36. The largest absolute Gasteiger partial charge is 0.493 e. The van der Waals surface area contributed by atoms with E-state index in [1.807, 2.05) is 33.0 Å². The first-order valence-electron chi connectivity index (χ1n) is 8.90. The Bertz CT molecular complexity index is 598. The summed E-state index contributed by atoms with van der Waals surface area (Å²) in [6, 6.07) is 4.28. The molecule has 0 radical (unpaired) electrons. The van der Waals surface area contributed by atoms with Crippen molar-refractivity contribution >= 4 is 18.3 Å². The van der Waals surface area contributed by atoms with Gasteiger partial charge in [0.15, 0.2) is 11.5 Å². The number of hydrogen-bond donors (Lipinski definition) is 2. The van der Waals surface area contributed by atoms with Crippen LogP contribution < -0.4 is 20.1 Å². The second kappa shape index (κ2) is 10.6. The number of nitrogens with zero attached hydrogens (tertiary/aromatic N) is 1. The smallest absolute Gasteiger partial charge is 0.234 e. The third-order valence-electron chi connectivity index (χ3n) is 4.90. The maximum absolute atomic E-state index is 12.4. The zero-order chi connectivity index (χ0) is 18.4. The lowest BCUT2D eigenvalue weighted by molar-refractivity contribution is -0.123. The van der Waals surface area contributed by atoms with Gasteiger partial charge in [0.1, 0.15) is 0 Å². The molecule has 0 saturated carbocycles. The molecule has 7 heteroatoms. The van der Waals surface area contributed by atoms with E-state index in [1.54, 1.807) is 14.2 Å². The van der Waals surface area contributed by atoms with Crippen LogP contribution in [0.15, 0.2) is 12.1 Å². The van der Waals surface area contributed by atoms with E-state index < -0.39 is 0 Å². The van der Waals surface area contributed by atoms with E-state index >= 15 is 0 Å². The van der Waals surface area contributed by atoms with Crippen molar-refractivity contribution in [1.29, 1.82) is 0 Å². The average molecular weight is 386 g/mol. The van der Waals surface area contributed by atoms with Gasteiger partial charge in [0.05, 0.1) is 26.8 Å². The number of carbonyl (C=O) groups is 1. The van der Waals surface area contributed by atoms with E-state index in [4.69, 9.17) is 9.47 Å². The van der Waals surface area contributed by atoms with E-state index in [-0.39, 0.29) is 24.4 Å². The van der Waals surface area contributed by atoms with Crippen molar-refractivity contribution < 1.29 is 14.3 Å². The molecular formula is C19H32ClN3O3. The van der Waals surface area contributed by atoms with Crippen molar-refractivity contribution in [2.45, 2.75) is 38.8 Å². The average Bonchev–Trinajstić information content (AvgIpc) is 2.61. The monoisotopic (exact) mass is 385 g/mol. The van der Waals surface area contributed by atoms with Crippen LogP contribution in [-0.2, 0) is 4.79 Å². The lowest BCUT2D eigenvalue weighted by Crippen LogP contribution is -2.48. The van der Waals surface area contributed by atoms with Crippen LogP contribution in [0.2, 0.25) is 0 Å². The number of ether oxygens (including phenoxy) is 2. The molecule has 148 valence electrons. The summed E-state index contributed by atoms with van der Waals surface area (Å²) in [4.78, 5) is 14.7. The van der Waals surface area contributed by atoms with Crippen molar-refractivity contribution in [2.75, 3.05) is 40.9 Å². The van der Waals surface area contributed by atoms with Crippen molar-refractivity contribution in [3.63, 3.8) is 0 Å². The summed E-state index contributed by atoms with van der Waals surface area (Å²) in [5.41, 5.74) is 2.11. The number of likely N-dealkylation sites (N-methyl/N-ethyl adjacent to an activating group) is 1. The molecule has 26 heavy (non-hydrogen) atoms. The number of halogens is 1. The molecule has 2 atom stereocenters. The SMILES string of the molecule is CNC1CCCN(CC(=O)NC(C)c2cc(OC)c(OC)cc2C)C1.Cl. The molecule has 1 saturated heterocycles. The van der Waals surface area contributed by atoms with Crippen molar-refractivity contribution in [3.8, 4) is 11.5 Å². The molecule has 0 aliphatic carbocycles. The van der Waals surface area contributed by atoms with Gasteiger partial charge < -0.3 is 20.1 Å². The molecule has 0 spiro atoms. The van der Waals surface area contributed by atoms with Gasteiger partial charge >= 0.3 is 0 Å². The quantitative estimate of drug-likeness (QED) is 0.754. The number of benzene rings is 1. The van der Waals surface area contributed by atoms with Gasteiger partial charge in [-0.25, -0.2) is 0 Å². The Labute approximate surface area is 163 Å². The van der Waals surface area contributed by atoms with Gasteiger partial charge in [-0.3, -0.25) is 9.69 Å². The fourth-order valence-electron chi connectivity index (χ4n) is 3.47. The minimum atomic E-state index is -0.0859. The van der Waals surface area contributed by atoms with Crippen LogP contribution in [0.3, 0.4) is 0 Å². The molecule has 1 fully saturated rings. The van der Waals surface area contributed by atoms with Gasteiger partial charge in [0.2, 0.25) is 5.91 Å². The lowest BCUT2D eigenvalue weighted by atomic mass is 10.0. The Hall–Kier alpha value is -1.50. The summed E-state index contributed by atoms with van der Waals surface area (Å²) < 4.78 is 10.7. The van der Waals surface area contributed by atoms with Crippen LogP contribution in [0.25, 0.3) is 0 Å². The number of rotatable bonds is 7. The van der Waals surface area contributed by atoms with E-state index in [0.29, 0.717) is 24.1 Å². The Morgan fingerprint density at radius 2 is 1.96 bits per heavy atom. The van der Waals surface area contributed by atoms with Gasteiger partial charge in [-0.1, -0.05) is 0 Å². The maximum Gasteiger partial charge on any atom is 0.234 e. The highest BCUT2D eigenvalue weighted by molar-refractivity contribution is 5.85. The molecule has 1 amide bonds. The predicted molar refractivity (Wildman–Crippen MR) is 107 cm³/mol. The van der Waals surface area contributed by atoms with Gasteiger partial charge in [-0.15, -0.1) is 12.4 Å². The number of amides is 1. The molecule has 0 aromatic heterocycles. The van der Waals surface area contributed by atoms with Crippen molar-refractivity contribution in [1.82, 2.24) is 15.5 Å². The van der Waals surface area contributed by atoms with Crippen molar-refractivity contribution in [2.24, 2.45) is 0 Å². The molecule has 2 N–H and O–H groups in total. The highest BCUT2D eigenvalue weighted by atomic mass is 35.5. The molecule has 1 aromatic rings. The van der Waals surface area contributed by atoms with Crippen LogP contribution in [0.1, 0.15) is 36.9 Å². The summed E-state index contributed by atoms with van der Waals surface area (Å²) >= 11 is 0. The van der Waals surface area contributed by atoms with Crippen LogP contribution in [0.5, 0.6) is 11.5 Å². The normalized spacial score (nSPS) is 18.6. The topological polar surface area (TPSA) is 62.8 Å². The summed E-state index contributed by atoms with van der Waals surface area (Å²) in [6.07, 6.45) is 2.30. The molecule has 1 aliphatic heterocycles. The van der Waals surface area contributed by atoms with Crippen LogP contribution in [0, 0.1) is 6.92 Å². The van der Waals surface area contributed by atoms with Gasteiger partial charge in [0.25, 0.3) is 0 Å². The molecule has 6 nitrogen and oxygen atoms in total. The summed E-state index contributed by atoms with van der Waals surface area (Å²) in [7, 11) is 5.23. The van der Waals surface area contributed by atoms with Crippen molar-refractivity contribution in [3.05, 3.63) is 23.3 Å². The number of aryl methyl sites for hydroxylation is 1. The first-order valence-corrected chi connectivity index (χ1v) is 8.90. The Kier molecular flexibility index (Phi) is 9.19. The van der Waals surface area contributed by atoms with Crippen LogP contribution >= 0.6 is 12.4 Å². The number of carbonyl (C=O) groups excluding carboxylic acids is 1. The minimum absolute atomic E-state index is 0. The first-order chi connectivity index (χ1) is 12.0. The van der Waals surface area contributed by atoms with Gasteiger partial charge in [0, 0.05) is 12.6 Å². The molecule has 1 heterocycles. The second-order valence-corrected chi connectivity index (χ2v) is 6.72. The standard InChI is InChI=1S/C19H31N3O3.ClH/c1-13-9-17(24-4)18(25-5)10-16(13)14(2)21-19(23)12-22-8-6-7-15(11-22)20-3;/h9-10,14-15,20H,6-8,11-12H2,1-5H3,(H,21,23);1H. The number of hydrogen-bond acceptors (Lipinski definition) is 5. The highest BCUT2D eigenvalue weighted by Gasteiger charge is 2.22. The van der Waals surface area contributed by atoms with Gasteiger partial charge in [-0.2, -0.15) is 0 Å². The van der Waals surface area contributed by atoms with Gasteiger partial charge in [-0.05, 0) is 63.5 Å². The number of nitrogens with one attached hydrogen (secondary N) is 2. The highest BCUT2D eigenvalue weighted by Crippen LogP contribution is 2.32. The zero-order valence-electron chi connectivity index (χ0n) is 16.4. The van der Waals surface area contributed by atoms with E-state index in [1.165, 1.54) is 6.42 Å². The molecule has 1 aromatic carbocycles. The molecular weight excluding hydrogens is 354 g/mol. The third-order valence-corrected chi connectivity index (χ3v) is 4.90. The number of piperidine rings is 1. The Morgan fingerprint density at radius 3 is 2.58 bits per heavy atom. The molecule has 0 bridgehead atoms. The summed E-state index contributed by atoms with van der Waals surface area (Å²) in [5, 5.41) is 6.41. The van der Waals surface area contributed by atoms with E-state index in [2.05, 4.69) is 15.5 Å². The second-order valence-electron chi connectivity index (χ2n) is 6.72. The maximum atomic E-state index is 12.4.